The average Bonchev–Trinajstić information content (AvgIpc) is 2.35. The van der Waals surface area contributed by atoms with Gasteiger partial charge in [-0.25, -0.2) is 0 Å². The molecule has 0 heterocycles. The molecule has 86 valence electrons. The van der Waals surface area contributed by atoms with Crippen molar-refractivity contribution in [2.75, 3.05) is 6.61 Å². The van der Waals surface area contributed by atoms with Crippen LogP contribution in [0.4, 0.5) is 0 Å². The monoisotopic (exact) mass is 246 g/mol. The first-order valence-corrected chi connectivity index (χ1v) is 5.53. The number of hydrogen-bond acceptors (Lipinski definition) is 3. The van der Waals surface area contributed by atoms with E-state index >= 15 is 0 Å². The summed E-state index contributed by atoms with van der Waals surface area (Å²) in [4.78, 5) is 0. The molecule has 0 fully saturated rings. The van der Waals surface area contributed by atoms with Crippen molar-refractivity contribution in [2.24, 2.45) is 0 Å². The number of nitrogens with zero attached hydrogens (tertiary/aromatic N) is 2. The van der Waals surface area contributed by atoms with Gasteiger partial charge >= 0.3 is 0 Å². The van der Waals surface area contributed by atoms with Crippen LogP contribution in [0, 0.1) is 22.7 Å². The SMILES string of the molecule is CCCOc1ccc(C=C(C#N)C#N)cc1Cl. The number of hydrogen-bond donors (Lipinski definition) is 0. The van der Waals surface area contributed by atoms with Gasteiger partial charge in [0.2, 0.25) is 0 Å². The van der Waals surface area contributed by atoms with Gasteiger partial charge in [0.1, 0.15) is 23.5 Å². The lowest BCUT2D eigenvalue weighted by Gasteiger charge is -2.06. The normalized spacial score (nSPS) is 8.94. The first-order valence-electron chi connectivity index (χ1n) is 5.15. The summed E-state index contributed by atoms with van der Waals surface area (Å²) < 4.78 is 5.42. The van der Waals surface area contributed by atoms with Crippen molar-refractivity contribution in [2.45, 2.75) is 13.3 Å². The average molecular weight is 247 g/mol. The molecular weight excluding hydrogens is 236 g/mol. The van der Waals surface area contributed by atoms with Crippen molar-refractivity contribution < 1.29 is 4.74 Å². The summed E-state index contributed by atoms with van der Waals surface area (Å²) in [5.74, 6) is 0.612. The molecule has 17 heavy (non-hydrogen) atoms. The van der Waals surface area contributed by atoms with Crippen LogP contribution in [0.15, 0.2) is 23.8 Å². The lowest BCUT2D eigenvalue weighted by Crippen LogP contribution is -1.95. The fourth-order valence-corrected chi connectivity index (χ4v) is 1.44. The van der Waals surface area contributed by atoms with Gasteiger partial charge in [-0.2, -0.15) is 10.5 Å². The first-order chi connectivity index (χ1) is 8.21. The molecule has 0 amide bonds. The standard InChI is InChI=1S/C13H11ClN2O/c1-2-5-17-13-4-3-10(7-12(13)14)6-11(8-15)9-16/h3-4,6-7H,2,5H2,1H3. The zero-order chi connectivity index (χ0) is 12.7. The van der Waals surface area contributed by atoms with Gasteiger partial charge in [0.05, 0.1) is 11.6 Å². The molecule has 0 aromatic heterocycles. The molecule has 0 aliphatic rings. The predicted molar refractivity (Wildman–Crippen MR) is 66.4 cm³/mol. The fraction of sp³-hybridized carbons (Fsp3) is 0.231. The highest BCUT2D eigenvalue weighted by molar-refractivity contribution is 6.32. The van der Waals surface area contributed by atoms with Gasteiger partial charge < -0.3 is 4.74 Å². The van der Waals surface area contributed by atoms with Crippen molar-refractivity contribution >= 4 is 17.7 Å². The van der Waals surface area contributed by atoms with Crippen molar-refractivity contribution in [3.8, 4) is 17.9 Å². The van der Waals surface area contributed by atoms with Crippen molar-refractivity contribution in [1.29, 1.82) is 10.5 Å². The lowest BCUT2D eigenvalue weighted by molar-refractivity contribution is 0.317. The number of halogens is 1. The molecule has 0 atom stereocenters. The Hall–Kier alpha value is -1.97. The number of benzene rings is 1. The molecule has 0 saturated heterocycles. The van der Waals surface area contributed by atoms with E-state index in [4.69, 9.17) is 26.9 Å². The maximum Gasteiger partial charge on any atom is 0.137 e. The van der Waals surface area contributed by atoms with E-state index in [0.29, 0.717) is 22.9 Å². The van der Waals surface area contributed by atoms with E-state index in [-0.39, 0.29) is 5.57 Å². The van der Waals surface area contributed by atoms with Gasteiger partial charge in [0.15, 0.2) is 0 Å². The van der Waals surface area contributed by atoms with Crippen LogP contribution < -0.4 is 4.74 Å². The Labute approximate surface area is 105 Å². The molecule has 1 rings (SSSR count). The third-order valence-corrected chi connectivity index (χ3v) is 2.26. The number of ether oxygens (including phenoxy) is 1. The number of rotatable bonds is 4. The van der Waals surface area contributed by atoms with Crippen LogP contribution in [0.3, 0.4) is 0 Å². The quantitative estimate of drug-likeness (QED) is 0.764. The zero-order valence-corrected chi connectivity index (χ0v) is 10.2. The third-order valence-electron chi connectivity index (χ3n) is 1.97. The van der Waals surface area contributed by atoms with Gasteiger partial charge in [-0.15, -0.1) is 0 Å². The minimum atomic E-state index is 0.0447. The van der Waals surface area contributed by atoms with Gasteiger partial charge in [-0.3, -0.25) is 0 Å². The van der Waals surface area contributed by atoms with E-state index in [1.54, 1.807) is 30.3 Å². The van der Waals surface area contributed by atoms with Crippen LogP contribution >= 0.6 is 11.6 Å². The highest BCUT2D eigenvalue weighted by Gasteiger charge is 2.02. The van der Waals surface area contributed by atoms with Crippen molar-refractivity contribution in [3.05, 3.63) is 34.4 Å². The van der Waals surface area contributed by atoms with E-state index in [9.17, 15) is 0 Å². The summed E-state index contributed by atoms with van der Waals surface area (Å²) in [7, 11) is 0. The molecule has 1 aromatic carbocycles. The van der Waals surface area contributed by atoms with E-state index in [0.717, 1.165) is 6.42 Å². The minimum absolute atomic E-state index is 0.0447. The minimum Gasteiger partial charge on any atom is -0.492 e. The molecule has 0 unspecified atom stereocenters. The Balaban J connectivity index is 2.94. The smallest absolute Gasteiger partial charge is 0.137 e. The van der Waals surface area contributed by atoms with Crippen LogP contribution in [-0.2, 0) is 0 Å². The van der Waals surface area contributed by atoms with E-state index in [1.165, 1.54) is 6.08 Å². The Morgan fingerprint density at radius 3 is 2.65 bits per heavy atom. The summed E-state index contributed by atoms with van der Waals surface area (Å²) >= 11 is 6.01. The number of allylic oxidation sites excluding steroid dienone is 1. The molecule has 3 nitrogen and oxygen atoms in total. The summed E-state index contributed by atoms with van der Waals surface area (Å²) in [5.41, 5.74) is 0.750. The molecular formula is C13H11ClN2O. The van der Waals surface area contributed by atoms with E-state index in [2.05, 4.69) is 0 Å². The Morgan fingerprint density at radius 2 is 2.12 bits per heavy atom. The van der Waals surface area contributed by atoms with Crippen molar-refractivity contribution in [1.82, 2.24) is 0 Å². The largest absolute Gasteiger partial charge is 0.492 e. The van der Waals surface area contributed by atoms with E-state index in [1.807, 2.05) is 6.92 Å². The Morgan fingerprint density at radius 1 is 1.41 bits per heavy atom. The van der Waals surface area contributed by atoms with Gasteiger partial charge in [-0.1, -0.05) is 24.6 Å². The van der Waals surface area contributed by atoms with Crippen LogP contribution in [0.1, 0.15) is 18.9 Å². The summed E-state index contributed by atoms with van der Waals surface area (Å²) in [6, 6.07) is 8.74. The maximum absolute atomic E-state index is 8.63. The molecule has 0 radical (unpaired) electrons. The molecule has 0 bridgehead atoms. The van der Waals surface area contributed by atoms with Crippen LogP contribution in [0.25, 0.3) is 6.08 Å². The molecule has 0 spiro atoms. The molecule has 0 N–H and O–H groups in total. The molecule has 0 aliphatic heterocycles. The fourth-order valence-electron chi connectivity index (χ4n) is 1.19. The lowest BCUT2D eigenvalue weighted by atomic mass is 10.1. The van der Waals surface area contributed by atoms with Crippen molar-refractivity contribution in [3.63, 3.8) is 0 Å². The van der Waals surface area contributed by atoms with Crippen LogP contribution in [0.2, 0.25) is 5.02 Å². The molecule has 0 saturated carbocycles. The zero-order valence-electron chi connectivity index (χ0n) is 9.40. The van der Waals surface area contributed by atoms with Crippen LogP contribution in [0.5, 0.6) is 5.75 Å². The topological polar surface area (TPSA) is 56.8 Å². The second-order valence-electron chi connectivity index (χ2n) is 3.32. The predicted octanol–water partition coefficient (Wildman–Crippen LogP) is 3.56. The molecule has 1 aromatic rings. The van der Waals surface area contributed by atoms with Gasteiger partial charge in [0.25, 0.3) is 0 Å². The maximum atomic E-state index is 8.63. The second-order valence-corrected chi connectivity index (χ2v) is 3.73. The second kappa shape index (κ2) is 6.58. The summed E-state index contributed by atoms with van der Waals surface area (Å²) in [6.07, 6.45) is 2.39. The van der Waals surface area contributed by atoms with Crippen LogP contribution in [-0.4, -0.2) is 6.61 Å². The summed E-state index contributed by atoms with van der Waals surface area (Å²) in [5, 5.41) is 17.7. The highest BCUT2D eigenvalue weighted by atomic mass is 35.5. The molecule has 4 heteroatoms. The molecule has 0 aliphatic carbocycles. The van der Waals surface area contributed by atoms with Gasteiger partial charge in [0, 0.05) is 0 Å². The summed E-state index contributed by atoms with van der Waals surface area (Å²) in [6.45, 7) is 2.62. The third kappa shape index (κ3) is 3.83. The Kier molecular flexibility index (Phi) is 5.07. The highest BCUT2D eigenvalue weighted by Crippen LogP contribution is 2.26. The van der Waals surface area contributed by atoms with E-state index < -0.39 is 0 Å². The van der Waals surface area contributed by atoms with Gasteiger partial charge in [-0.05, 0) is 30.2 Å². The first kappa shape index (κ1) is 13.1. The Bertz CT molecular complexity index is 493. The number of nitriles is 2.